The molecule has 0 unspecified atom stereocenters. The predicted molar refractivity (Wildman–Crippen MR) is 137 cm³/mol. The summed E-state index contributed by atoms with van der Waals surface area (Å²) in [6.45, 7) is 9.41. The number of anilines is 1. The first-order valence-corrected chi connectivity index (χ1v) is 13.4. The van der Waals surface area contributed by atoms with Crippen molar-refractivity contribution in [3.05, 3.63) is 64.2 Å². The van der Waals surface area contributed by atoms with Gasteiger partial charge >= 0.3 is 0 Å². The minimum atomic E-state index is -3.77. The fraction of sp³-hybridized carbons (Fsp3) is 0.440. The molecule has 7 nitrogen and oxygen atoms in total. The van der Waals surface area contributed by atoms with E-state index in [2.05, 4.69) is 5.32 Å². The Kier molecular flexibility index (Phi) is 9.53. The number of nitrogens with one attached hydrogen (secondary N) is 1. The monoisotopic (exact) mass is 507 g/mol. The van der Waals surface area contributed by atoms with E-state index in [0.717, 1.165) is 27.3 Å². The molecular weight excluding hydrogens is 474 g/mol. The van der Waals surface area contributed by atoms with E-state index in [-0.39, 0.29) is 18.4 Å². The molecule has 2 amide bonds. The van der Waals surface area contributed by atoms with Gasteiger partial charge in [-0.15, -0.1) is 0 Å². The van der Waals surface area contributed by atoms with Gasteiger partial charge < -0.3 is 10.2 Å². The van der Waals surface area contributed by atoms with Crippen LogP contribution in [0.2, 0.25) is 5.02 Å². The van der Waals surface area contributed by atoms with Crippen molar-refractivity contribution in [1.29, 1.82) is 0 Å². The number of sulfonamides is 1. The predicted octanol–water partition coefficient (Wildman–Crippen LogP) is 3.91. The highest BCUT2D eigenvalue weighted by Crippen LogP contribution is 2.27. The number of para-hydroxylation sites is 1. The summed E-state index contributed by atoms with van der Waals surface area (Å²) in [5.41, 5.74) is 2.73. The second-order valence-electron chi connectivity index (χ2n) is 8.97. The van der Waals surface area contributed by atoms with Gasteiger partial charge in [0.05, 0.1) is 11.9 Å². The van der Waals surface area contributed by atoms with Crippen molar-refractivity contribution in [3.8, 4) is 0 Å². The zero-order chi connectivity index (χ0) is 25.6. The van der Waals surface area contributed by atoms with Gasteiger partial charge in [-0.3, -0.25) is 13.9 Å². The van der Waals surface area contributed by atoms with Gasteiger partial charge in [-0.2, -0.15) is 0 Å². The molecular formula is C25H34ClN3O4S. The third-order valence-electron chi connectivity index (χ3n) is 5.49. The number of hydrogen-bond donors (Lipinski definition) is 1. The van der Waals surface area contributed by atoms with E-state index in [1.807, 2.05) is 19.9 Å². The number of carbonyl (C=O) groups is 2. The summed E-state index contributed by atoms with van der Waals surface area (Å²) in [4.78, 5) is 27.8. The summed E-state index contributed by atoms with van der Waals surface area (Å²) < 4.78 is 26.6. The molecule has 2 rings (SSSR count). The molecule has 0 fully saturated rings. The molecule has 1 N–H and O–H groups in total. The van der Waals surface area contributed by atoms with Crippen molar-refractivity contribution in [3.63, 3.8) is 0 Å². The highest BCUT2D eigenvalue weighted by atomic mass is 35.5. The van der Waals surface area contributed by atoms with Gasteiger partial charge in [0.1, 0.15) is 12.6 Å². The number of nitrogens with zero attached hydrogens (tertiary/aromatic N) is 2. The maximum atomic E-state index is 13.6. The molecule has 0 aromatic heterocycles. The fourth-order valence-corrected chi connectivity index (χ4v) is 4.69. The molecule has 0 bridgehead atoms. The number of hydrogen-bond acceptors (Lipinski definition) is 4. The Morgan fingerprint density at radius 3 is 2.06 bits per heavy atom. The number of halogens is 1. The molecule has 0 spiro atoms. The third kappa shape index (κ3) is 7.46. The van der Waals surface area contributed by atoms with E-state index in [0.29, 0.717) is 17.3 Å². The van der Waals surface area contributed by atoms with Crippen molar-refractivity contribution in [2.24, 2.45) is 5.92 Å². The SMILES string of the molecule is Cc1cccc(C)c1N(CC(=O)N(Cc1ccc(Cl)cc1)[C@H](C)C(=O)NCC(C)C)S(C)(=O)=O. The highest BCUT2D eigenvalue weighted by Gasteiger charge is 2.31. The summed E-state index contributed by atoms with van der Waals surface area (Å²) in [5, 5.41) is 3.42. The number of carbonyl (C=O) groups excluding carboxylic acids is 2. The van der Waals surface area contributed by atoms with Gasteiger partial charge in [-0.05, 0) is 55.5 Å². The number of rotatable bonds is 10. The van der Waals surface area contributed by atoms with Crippen LogP contribution < -0.4 is 9.62 Å². The molecule has 2 aromatic rings. The van der Waals surface area contributed by atoms with Crippen LogP contribution >= 0.6 is 11.6 Å². The first-order chi connectivity index (χ1) is 15.8. The first-order valence-electron chi connectivity index (χ1n) is 11.2. The Hall–Kier alpha value is -2.58. The molecule has 0 aliphatic carbocycles. The minimum Gasteiger partial charge on any atom is -0.354 e. The average molecular weight is 508 g/mol. The van der Waals surface area contributed by atoms with Crippen LogP contribution in [-0.4, -0.2) is 50.5 Å². The Balaban J connectivity index is 2.41. The van der Waals surface area contributed by atoms with E-state index >= 15 is 0 Å². The van der Waals surface area contributed by atoms with Gasteiger partial charge in [-0.1, -0.05) is 55.8 Å². The van der Waals surface area contributed by atoms with Crippen LogP contribution in [0.15, 0.2) is 42.5 Å². The topological polar surface area (TPSA) is 86.8 Å². The molecule has 0 aliphatic rings. The molecule has 186 valence electrons. The van der Waals surface area contributed by atoms with Crippen molar-refractivity contribution in [1.82, 2.24) is 10.2 Å². The van der Waals surface area contributed by atoms with Gasteiger partial charge in [0.15, 0.2) is 0 Å². The molecule has 0 saturated carbocycles. The second kappa shape index (κ2) is 11.7. The van der Waals surface area contributed by atoms with Crippen LogP contribution in [0, 0.1) is 19.8 Å². The summed E-state index contributed by atoms with van der Waals surface area (Å²) >= 11 is 5.99. The molecule has 1 atom stereocenters. The van der Waals surface area contributed by atoms with Crippen molar-refractivity contribution in [2.75, 3.05) is 23.7 Å². The van der Waals surface area contributed by atoms with Crippen LogP contribution in [-0.2, 0) is 26.2 Å². The quantitative estimate of drug-likeness (QED) is 0.528. The lowest BCUT2D eigenvalue weighted by atomic mass is 10.1. The highest BCUT2D eigenvalue weighted by molar-refractivity contribution is 7.92. The standard InChI is InChI=1S/C25H34ClN3O4S/c1-17(2)14-27-25(31)20(5)28(15-21-10-12-22(26)13-11-21)23(30)16-29(34(6,32)33)24-18(3)8-7-9-19(24)4/h7-13,17,20H,14-16H2,1-6H3,(H,27,31)/t20-/m1/s1. The van der Waals surface area contributed by atoms with Crippen LogP contribution in [0.1, 0.15) is 37.5 Å². The molecule has 34 heavy (non-hydrogen) atoms. The maximum Gasteiger partial charge on any atom is 0.244 e. The van der Waals surface area contributed by atoms with E-state index in [9.17, 15) is 18.0 Å². The van der Waals surface area contributed by atoms with Gasteiger partial charge in [-0.25, -0.2) is 8.42 Å². The maximum absolute atomic E-state index is 13.6. The Morgan fingerprint density at radius 2 is 1.56 bits per heavy atom. The normalized spacial score (nSPS) is 12.4. The lowest BCUT2D eigenvalue weighted by Gasteiger charge is -2.32. The molecule has 2 aromatic carbocycles. The summed E-state index contributed by atoms with van der Waals surface area (Å²) in [6, 6.07) is 11.6. The number of aryl methyl sites for hydroxylation is 2. The Morgan fingerprint density at radius 1 is 1.00 bits per heavy atom. The molecule has 0 aliphatic heterocycles. The third-order valence-corrected chi connectivity index (χ3v) is 6.85. The summed E-state index contributed by atoms with van der Waals surface area (Å²) in [7, 11) is -3.77. The van der Waals surface area contributed by atoms with Gasteiger partial charge in [0.2, 0.25) is 21.8 Å². The molecule has 9 heteroatoms. The van der Waals surface area contributed by atoms with E-state index in [4.69, 9.17) is 11.6 Å². The molecule has 0 saturated heterocycles. The van der Waals surface area contributed by atoms with E-state index in [1.165, 1.54) is 4.90 Å². The number of amides is 2. The largest absolute Gasteiger partial charge is 0.354 e. The average Bonchev–Trinajstić information content (AvgIpc) is 2.74. The van der Waals surface area contributed by atoms with Crippen molar-refractivity contribution in [2.45, 2.75) is 47.2 Å². The molecule has 0 radical (unpaired) electrons. The van der Waals surface area contributed by atoms with E-state index in [1.54, 1.807) is 57.2 Å². The summed E-state index contributed by atoms with van der Waals surface area (Å²) in [5.74, 6) is -0.523. The lowest BCUT2D eigenvalue weighted by molar-refractivity contribution is -0.139. The van der Waals surface area contributed by atoms with Crippen LogP contribution in [0.25, 0.3) is 0 Å². The van der Waals surface area contributed by atoms with Gasteiger partial charge in [0.25, 0.3) is 0 Å². The van der Waals surface area contributed by atoms with Crippen LogP contribution in [0.4, 0.5) is 5.69 Å². The zero-order valence-corrected chi connectivity index (χ0v) is 22.2. The zero-order valence-electron chi connectivity index (χ0n) is 20.6. The van der Waals surface area contributed by atoms with Crippen LogP contribution in [0.3, 0.4) is 0 Å². The smallest absolute Gasteiger partial charge is 0.244 e. The second-order valence-corrected chi connectivity index (χ2v) is 11.3. The minimum absolute atomic E-state index is 0.136. The van der Waals surface area contributed by atoms with Crippen molar-refractivity contribution < 1.29 is 18.0 Å². The summed E-state index contributed by atoms with van der Waals surface area (Å²) in [6.07, 6.45) is 1.08. The lowest BCUT2D eigenvalue weighted by Crippen LogP contribution is -2.51. The molecule has 0 heterocycles. The first kappa shape index (κ1) is 27.7. The van der Waals surface area contributed by atoms with Crippen molar-refractivity contribution >= 4 is 39.1 Å². The van der Waals surface area contributed by atoms with Gasteiger partial charge in [0, 0.05) is 18.1 Å². The Labute approximate surface area is 208 Å². The van der Waals surface area contributed by atoms with Crippen LogP contribution in [0.5, 0.6) is 0 Å². The van der Waals surface area contributed by atoms with E-state index < -0.39 is 28.5 Å². The number of benzene rings is 2. The Bertz CT molecular complexity index is 1100. The fourth-order valence-electron chi connectivity index (χ4n) is 3.60.